The van der Waals surface area contributed by atoms with E-state index >= 15 is 0 Å². The van der Waals surface area contributed by atoms with Gasteiger partial charge in [-0.3, -0.25) is 4.90 Å². The van der Waals surface area contributed by atoms with Gasteiger partial charge in [0.25, 0.3) is 0 Å². The Kier molecular flexibility index (Phi) is 12.6. The molecule has 0 atom stereocenters. The molecule has 9 nitrogen and oxygen atoms in total. The van der Waals surface area contributed by atoms with Gasteiger partial charge in [-0.15, -0.1) is 0 Å². The van der Waals surface area contributed by atoms with Crippen molar-refractivity contribution in [1.82, 2.24) is 20.9 Å². The normalized spacial score (nSPS) is 13.0. The van der Waals surface area contributed by atoms with E-state index in [1.54, 1.807) is 6.07 Å². The fourth-order valence-electron chi connectivity index (χ4n) is 5.43. The second-order valence-electron chi connectivity index (χ2n) is 11.4. The summed E-state index contributed by atoms with van der Waals surface area (Å²) in [5.41, 5.74) is 7.14. The zero-order chi connectivity index (χ0) is 32.7. The van der Waals surface area contributed by atoms with Gasteiger partial charge in [0.15, 0.2) is 0 Å². The summed E-state index contributed by atoms with van der Waals surface area (Å²) >= 11 is 0. The molecule has 4 aromatic rings. The molecule has 0 aromatic heterocycles. The van der Waals surface area contributed by atoms with Gasteiger partial charge in [0.1, 0.15) is 24.7 Å². The molecule has 1 fully saturated rings. The zero-order valence-corrected chi connectivity index (χ0v) is 27.0. The third kappa shape index (κ3) is 10.3. The number of carbonyl (C=O) groups excluding carboxylic acids is 1. The lowest BCUT2D eigenvalue weighted by Crippen LogP contribution is -2.44. The SMILES string of the molecule is Cc1c(COc2ccc(CNCCNC(=O)NCCN3CCOCC3)c(OCc3cccc(C#N)c3)c2)cccc1-c1ccccc1. The molecule has 0 bridgehead atoms. The van der Waals surface area contributed by atoms with Crippen LogP contribution >= 0.6 is 0 Å². The van der Waals surface area contributed by atoms with Crippen LogP contribution < -0.4 is 25.4 Å². The predicted molar refractivity (Wildman–Crippen MR) is 183 cm³/mol. The van der Waals surface area contributed by atoms with Crippen molar-refractivity contribution in [1.29, 1.82) is 5.26 Å². The van der Waals surface area contributed by atoms with Crippen LogP contribution in [0.5, 0.6) is 11.5 Å². The van der Waals surface area contributed by atoms with E-state index in [1.807, 2.05) is 42.5 Å². The summed E-state index contributed by atoms with van der Waals surface area (Å²) < 4.78 is 17.9. The zero-order valence-electron chi connectivity index (χ0n) is 27.0. The highest BCUT2D eigenvalue weighted by atomic mass is 16.5. The second-order valence-corrected chi connectivity index (χ2v) is 11.4. The number of amides is 2. The van der Waals surface area contributed by atoms with Crippen LogP contribution in [0.25, 0.3) is 11.1 Å². The van der Waals surface area contributed by atoms with Crippen molar-refractivity contribution in [2.75, 3.05) is 52.5 Å². The van der Waals surface area contributed by atoms with Crippen LogP contribution in [0.4, 0.5) is 4.79 Å². The van der Waals surface area contributed by atoms with Crippen molar-refractivity contribution in [3.05, 3.63) is 119 Å². The molecule has 0 saturated carbocycles. The summed E-state index contributed by atoms with van der Waals surface area (Å²) in [6.07, 6.45) is 0. The summed E-state index contributed by atoms with van der Waals surface area (Å²) in [7, 11) is 0. The highest BCUT2D eigenvalue weighted by Crippen LogP contribution is 2.29. The monoisotopic (exact) mass is 633 g/mol. The van der Waals surface area contributed by atoms with Crippen molar-refractivity contribution in [2.45, 2.75) is 26.7 Å². The van der Waals surface area contributed by atoms with Crippen LogP contribution in [0.1, 0.15) is 27.8 Å². The second kappa shape index (κ2) is 17.7. The molecule has 47 heavy (non-hydrogen) atoms. The molecule has 9 heteroatoms. The first-order valence-corrected chi connectivity index (χ1v) is 16.1. The number of urea groups is 1. The number of morpholine rings is 1. The number of nitriles is 1. The maximum absolute atomic E-state index is 12.2. The first-order chi connectivity index (χ1) is 23.1. The number of hydrogen-bond donors (Lipinski definition) is 3. The number of hydrogen-bond acceptors (Lipinski definition) is 7. The summed E-state index contributed by atoms with van der Waals surface area (Å²) in [6.45, 7) is 9.22. The molecular weight excluding hydrogens is 590 g/mol. The number of rotatable bonds is 15. The maximum Gasteiger partial charge on any atom is 0.314 e. The Bertz CT molecular complexity index is 1630. The van der Waals surface area contributed by atoms with E-state index in [1.165, 1.54) is 16.7 Å². The molecule has 1 saturated heterocycles. The van der Waals surface area contributed by atoms with Gasteiger partial charge in [-0.05, 0) is 52.9 Å². The van der Waals surface area contributed by atoms with Crippen molar-refractivity contribution in [3.8, 4) is 28.7 Å². The molecule has 0 radical (unpaired) electrons. The minimum atomic E-state index is -0.172. The molecular formula is C38H43N5O4. The lowest BCUT2D eigenvalue weighted by Gasteiger charge is -2.26. The van der Waals surface area contributed by atoms with E-state index in [2.05, 4.69) is 76.3 Å². The Morgan fingerprint density at radius 2 is 1.66 bits per heavy atom. The third-order valence-electron chi connectivity index (χ3n) is 8.13. The first kappa shape index (κ1) is 33.5. The van der Waals surface area contributed by atoms with Gasteiger partial charge in [0.2, 0.25) is 0 Å². The minimum Gasteiger partial charge on any atom is -0.489 e. The lowest BCUT2D eigenvalue weighted by molar-refractivity contribution is 0.0387. The molecule has 1 heterocycles. The van der Waals surface area contributed by atoms with Crippen molar-refractivity contribution < 1.29 is 19.0 Å². The highest BCUT2D eigenvalue weighted by Gasteiger charge is 2.12. The Labute approximate surface area is 277 Å². The van der Waals surface area contributed by atoms with Crippen LogP contribution in [0.2, 0.25) is 0 Å². The van der Waals surface area contributed by atoms with E-state index in [4.69, 9.17) is 14.2 Å². The number of carbonyl (C=O) groups is 1. The largest absolute Gasteiger partial charge is 0.489 e. The van der Waals surface area contributed by atoms with Gasteiger partial charge in [0.05, 0.1) is 24.8 Å². The van der Waals surface area contributed by atoms with Gasteiger partial charge < -0.3 is 30.2 Å². The summed E-state index contributed by atoms with van der Waals surface area (Å²) in [5, 5.41) is 18.5. The van der Waals surface area contributed by atoms with Crippen LogP contribution in [0, 0.1) is 18.3 Å². The van der Waals surface area contributed by atoms with Crippen LogP contribution in [-0.4, -0.2) is 63.4 Å². The van der Waals surface area contributed by atoms with E-state index in [-0.39, 0.29) is 6.03 Å². The molecule has 3 N–H and O–H groups in total. The Hall–Kier alpha value is -4.88. The standard InChI is InChI=1S/C38H43N5O4/c1-29-34(11-6-12-36(29)32-9-3-2-4-10-32)28-46-35-14-13-33(37(24-35)47-27-31-8-5-7-30(23-31)25-39)26-40-15-16-41-38(44)42-17-18-43-19-21-45-22-20-43/h2-14,23-24,40H,15-22,26-28H2,1H3,(H2,41,42,44). The quantitative estimate of drug-likeness (QED) is 0.150. The molecule has 0 spiro atoms. The Balaban J connectivity index is 1.16. The molecule has 1 aliphatic heterocycles. The number of ether oxygens (including phenoxy) is 3. The lowest BCUT2D eigenvalue weighted by atomic mass is 9.97. The molecule has 244 valence electrons. The molecule has 0 aliphatic carbocycles. The fourth-order valence-corrected chi connectivity index (χ4v) is 5.43. The van der Waals surface area contributed by atoms with Crippen LogP contribution in [0.15, 0.2) is 91.0 Å². The minimum absolute atomic E-state index is 0.172. The van der Waals surface area contributed by atoms with Gasteiger partial charge >= 0.3 is 6.03 Å². The first-order valence-electron chi connectivity index (χ1n) is 16.1. The number of nitrogens with one attached hydrogen (secondary N) is 3. The van der Waals surface area contributed by atoms with Gasteiger partial charge in [-0.25, -0.2) is 4.79 Å². The molecule has 5 rings (SSSR count). The average Bonchev–Trinajstić information content (AvgIpc) is 3.11. The van der Waals surface area contributed by atoms with E-state index in [0.717, 1.165) is 49.5 Å². The molecule has 2 amide bonds. The molecule has 1 aliphatic rings. The average molecular weight is 634 g/mol. The Morgan fingerprint density at radius 1 is 0.851 bits per heavy atom. The van der Waals surface area contributed by atoms with Crippen LogP contribution in [0.3, 0.4) is 0 Å². The highest BCUT2D eigenvalue weighted by molar-refractivity contribution is 5.73. The van der Waals surface area contributed by atoms with Crippen molar-refractivity contribution in [2.24, 2.45) is 0 Å². The summed E-state index contributed by atoms with van der Waals surface area (Å²) in [5.74, 6) is 1.40. The van der Waals surface area contributed by atoms with E-state index in [0.29, 0.717) is 56.5 Å². The fraction of sp³-hybridized carbons (Fsp3) is 0.316. The van der Waals surface area contributed by atoms with Crippen molar-refractivity contribution >= 4 is 6.03 Å². The van der Waals surface area contributed by atoms with Gasteiger partial charge in [0, 0.05) is 57.4 Å². The smallest absolute Gasteiger partial charge is 0.314 e. The maximum atomic E-state index is 12.2. The summed E-state index contributed by atoms with van der Waals surface area (Å²) in [4.78, 5) is 14.5. The number of nitrogens with zero attached hydrogens (tertiary/aromatic N) is 2. The van der Waals surface area contributed by atoms with Crippen LogP contribution in [-0.2, 0) is 24.5 Å². The molecule has 4 aromatic carbocycles. The molecule has 0 unspecified atom stereocenters. The van der Waals surface area contributed by atoms with E-state index in [9.17, 15) is 10.1 Å². The van der Waals surface area contributed by atoms with Crippen molar-refractivity contribution in [3.63, 3.8) is 0 Å². The van der Waals surface area contributed by atoms with E-state index < -0.39 is 0 Å². The van der Waals surface area contributed by atoms with Gasteiger partial charge in [-0.1, -0.05) is 66.7 Å². The third-order valence-corrected chi connectivity index (χ3v) is 8.13. The Morgan fingerprint density at radius 3 is 2.49 bits per heavy atom. The predicted octanol–water partition coefficient (Wildman–Crippen LogP) is 5.41. The summed E-state index contributed by atoms with van der Waals surface area (Å²) in [6, 6.07) is 32.0. The topological polar surface area (TPSA) is 108 Å². The number of benzene rings is 4. The van der Waals surface area contributed by atoms with Gasteiger partial charge in [-0.2, -0.15) is 5.26 Å².